The summed E-state index contributed by atoms with van der Waals surface area (Å²) in [5, 5.41) is 11.2. The monoisotopic (exact) mass is 570 g/mol. The number of nitrogens with zero attached hydrogens (tertiary/aromatic N) is 1. The number of halogens is 2. The lowest BCUT2D eigenvalue weighted by Gasteiger charge is -2.17. The minimum Gasteiger partial charge on any atom is -0.478 e. The van der Waals surface area contributed by atoms with Crippen molar-refractivity contribution in [3.63, 3.8) is 0 Å². The first-order chi connectivity index (χ1) is 19.3. The Morgan fingerprint density at radius 2 is 1.73 bits per heavy atom. The number of carbonyl (C=O) groups is 2. The lowest BCUT2D eigenvalue weighted by molar-refractivity contribution is 0.0697. The summed E-state index contributed by atoms with van der Waals surface area (Å²) in [6.07, 6.45) is 2.11. The Labute approximate surface area is 242 Å². The molecule has 0 aliphatic rings. The molecule has 40 heavy (non-hydrogen) atoms. The van der Waals surface area contributed by atoms with Crippen molar-refractivity contribution in [2.24, 2.45) is 0 Å². The number of hydrogen-bond acceptors (Lipinski definition) is 3. The summed E-state index contributed by atoms with van der Waals surface area (Å²) in [6.45, 7) is 4.02. The molecular formula is C33H28Cl2N2O3. The quantitative estimate of drug-likeness (QED) is 0.173. The number of Topliss-reactive ketones (excluding diaryl/α,β-unsaturated/α-hetero) is 1. The topological polar surface area (TPSA) is 83.0 Å². The van der Waals surface area contributed by atoms with Gasteiger partial charge in [0.2, 0.25) is 0 Å². The highest BCUT2D eigenvalue weighted by atomic mass is 35.5. The van der Waals surface area contributed by atoms with Gasteiger partial charge < -0.3 is 10.1 Å². The van der Waals surface area contributed by atoms with Crippen LogP contribution in [0.2, 0.25) is 10.0 Å². The SMILES string of the molecule is CCC[C@@H](CC(=O)c1ccc(-c2c(Cl)cccc2-c2nc3c(C)cc(Cl)cc3[nH]2)c(C(=O)O)c1)c1ccccc1. The van der Waals surface area contributed by atoms with Gasteiger partial charge in [-0.1, -0.05) is 91.1 Å². The molecule has 0 fully saturated rings. The fourth-order valence-corrected chi connectivity index (χ4v) is 5.83. The van der Waals surface area contributed by atoms with Crippen molar-refractivity contribution < 1.29 is 14.7 Å². The number of carboxylic acids is 1. The van der Waals surface area contributed by atoms with Gasteiger partial charge in [0.25, 0.3) is 0 Å². The second kappa shape index (κ2) is 11.7. The number of hydrogen-bond donors (Lipinski definition) is 2. The van der Waals surface area contributed by atoms with Crippen LogP contribution in [0.4, 0.5) is 0 Å². The summed E-state index contributed by atoms with van der Waals surface area (Å²) in [6, 6.07) is 23.8. The van der Waals surface area contributed by atoms with Gasteiger partial charge in [-0.2, -0.15) is 0 Å². The number of imidazole rings is 1. The largest absolute Gasteiger partial charge is 0.478 e. The first-order valence-corrected chi connectivity index (χ1v) is 13.9. The number of aromatic carboxylic acids is 1. The molecular weight excluding hydrogens is 543 g/mol. The number of aromatic nitrogens is 2. The Kier molecular flexibility index (Phi) is 8.06. The van der Waals surface area contributed by atoms with Crippen molar-refractivity contribution in [2.75, 3.05) is 0 Å². The molecule has 0 amide bonds. The average molecular weight is 572 g/mol. The van der Waals surface area contributed by atoms with E-state index in [0.717, 1.165) is 35.0 Å². The highest BCUT2D eigenvalue weighted by Crippen LogP contribution is 2.40. The highest BCUT2D eigenvalue weighted by molar-refractivity contribution is 6.34. The molecule has 0 aliphatic heterocycles. The van der Waals surface area contributed by atoms with E-state index in [4.69, 9.17) is 28.2 Å². The minimum absolute atomic E-state index is 0.00212. The zero-order chi connectivity index (χ0) is 28.4. The molecule has 1 heterocycles. The van der Waals surface area contributed by atoms with Crippen LogP contribution >= 0.6 is 23.2 Å². The van der Waals surface area contributed by atoms with E-state index in [1.54, 1.807) is 30.3 Å². The smallest absolute Gasteiger partial charge is 0.336 e. The number of aromatic amines is 1. The molecule has 0 bridgehead atoms. The summed E-state index contributed by atoms with van der Waals surface area (Å²) in [4.78, 5) is 34.0. The molecule has 4 aromatic carbocycles. The third-order valence-corrected chi connectivity index (χ3v) is 7.73. The molecule has 0 radical (unpaired) electrons. The van der Waals surface area contributed by atoms with E-state index in [0.29, 0.717) is 44.5 Å². The standard InChI is InChI=1S/C33H28Cl2N2O3/c1-3-8-21(20-9-5-4-6-10-20)17-29(38)22-13-14-24(26(16-22)33(39)40)30-25(11-7-12-27(30)35)32-36-28-18-23(34)15-19(2)31(28)37-32/h4-7,9-16,18,21H,3,8,17H2,1-2H3,(H,36,37)(H,39,40)/t21-/m0/s1. The van der Waals surface area contributed by atoms with Crippen molar-refractivity contribution >= 4 is 46.0 Å². The maximum atomic E-state index is 13.4. The zero-order valence-electron chi connectivity index (χ0n) is 22.2. The molecule has 7 heteroatoms. The van der Waals surface area contributed by atoms with E-state index >= 15 is 0 Å². The summed E-state index contributed by atoms with van der Waals surface area (Å²) < 4.78 is 0. The normalized spacial score (nSPS) is 12.0. The van der Waals surface area contributed by atoms with Crippen LogP contribution in [0.25, 0.3) is 33.5 Å². The molecule has 0 aliphatic carbocycles. The van der Waals surface area contributed by atoms with E-state index < -0.39 is 5.97 Å². The summed E-state index contributed by atoms with van der Waals surface area (Å²) >= 11 is 12.9. The van der Waals surface area contributed by atoms with Crippen molar-refractivity contribution in [2.45, 2.75) is 39.0 Å². The maximum Gasteiger partial charge on any atom is 0.336 e. The lowest BCUT2D eigenvalue weighted by Crippen LogP contribution is -2.10. The molecule has 0 unspecified atom stereocenters. The number of carboxylic acid groups (broad SMARTS) is 1. The van der Waals surface area contributed by atoms with Crippen LogP contribution < -0.4 is 0 Å². The third kappa shape index (κ3) is 5.53. The van der Waals surface area contributed by atoms with Gasteiger partial charge in [-0.25, -0.2) is 9.78 Å². The Morgan fingerprint density at radius 3 is 2.45 bits per heavy atom. The van der Waals surface area contributed by atoms with Crippen LogP contribution in [-0.4, -0.2) is 26.8 Å². The lowest BCUT2D eigenvalue weighted by atomic mass is 9.87. The first kappa shape index (κ1) is 27.6. The second-order valence-corrected chi connectivity index (χ2v) is 10.8. The van der Waals surface area contributed by atoms with Gasteiger partial charge >= 0.3 is 5.97 Å². The molecule has 5 aromatic rings. The summed E-state index contributed by atoms with van der Waals surface area (Å²) in [5.41, 5.74) is 5.51. The zero-order valence-corrected chi connectivity index (χ0v) is 23.7. The molecule has 1 aromatic heterocycles. The number of aryl methyl sites for hydroxylation is 1. The van der Waals surface area contributed by atoms with Crippen molar-refractivity contribution in [3.05, 3.63) is 111 Å². The van der Waals surface area contributed by atoms with Gasteiger partial charge in [0.1, 0.15) is 5.82 Å². The number of fused-ring (bicyclic) bond motifs is 1. The van der Waals surface area contributed by atoms with Gasteiger partial charge in [0.15, 0.2) is 5.78 Å². The van der Waals surface area contributed by atoms with E-state index in [9.17, 15) is 14.7 Å². The van der Waals surface area contributed by atoms with Crippen molar-refractivity contribution in [1.82, 2.24) is 9.97 Å². The molecule has 1 atom stereocenters. The molecule has 5 rings (SSSR count). The number of rotatable bonds is 9. The predicted molar refractivity (Wildman–Crippen MR) is 162 cm³/mol. The first-order valence-electron chi connectivity index (χ1n) is 13.2. The molecule has 0 saturated heterocycles. The van der Waals surface area contributed by atoms with Crippen LogP contribution in [0, 0.1) is 6.92 Å². The Bertz CT molecular complexity index is 1730. The van der Waals surface area contributed by atoms with Crippen LogP contribution in [0.5, 0.6) is 0 Å². The maximum absolute atomic E-state index is 13.4. The Hall–Kier alpha value is -3.93. The van der Waals surface area contributed by atoms with Crippen LogP contribution in [0.3, 0.4) is 0 Å². The van der Waals surface area contributed by atoms with E-state index in [-0.39, 0.29) is 17.3 Å². The van der Waals surface area contributed by atoms with E-state index in [1.165, 1.54) is 6.07 Å². The van der Waals surface area contributed by atoms with Crippen molar-refractivity contribution in [1.29, 1.82) is 0 Å². The highest BCUT2D eigenvalue weighted by Gasteiger charge is 2.23. The molecule has 0 spiro atoms. The summed E-state index contributed by atoms with van der Waals surface area (Å²) in [5.74, 6) is -0.636. The number of carbonyl (C=O) groups excluding carboxylic acids is 1. The van der Waals surface area contributed by atoms with Gasteiger partial charge in [-0.05, 0) is 60.2 Å². The van der Waals surface area contributed by atoms with Crippen LogP contribution in [0.1, 0.15) is 63.9 Å². The van der Waals surface area contributed by atoms with Gasteiger partial charge in [-0.3, -0.25) is 4.79 Å². The number of ketones is 1. The molecule has 5 nitrogen and oxygen atoms in total. The number of nitrogens with one attached hydrogen (secondary N) is 1. The van der Waals surface area contributed by atoms with Gasteiger partial charge in [0.05, 0.1) is 16.6 Å². The fourth-order valence-electron chi connectivity index (χ4n) is 5.28. The predicted octanol–water partition coefficient (Wildman–Crippen LogP) is 9.37. The number of H-pyrrole nitrogens is 1. The van der Waals surface area contributed by atoms with Gasteiger partial charge in [-0.15, -0.1) is 0 Å². The van der Waals surface area contributed by atoms with Gasteiger partial charge in [0, 0.05) is 33.2 Å². The fraction of sp³-hybridized carbons (Fsp3) is 0.182. The molecule has 0 saturated carbocycles. The van der Waals surface area contributed by atoms with E-state index in [1.807, 2.05) is 49.4 Å². The average Bonchev–Trinajstić information content (AvgIpc) is 3.37. The van der Waals surface area contributed by atoms with Crippen molar-refractivity contribution in [3.8, 4) is 22.5 Å². The summed E-state index contributed by atoms with van der Waals surface area (Å²) in [7, 11) is 0. The van der Waals surface area contributed by atoms with Crippen LogP contribution in [-0.2, 0) is 0 Å². The Balaban J connectivity index is 1.56. The van der Waals surface area contributed by atoms with Crippen LogP contribution in [0.15, 0.2) is 78.9 Å². The van der Waals surface area contributed by atoms with E-state index in [2.05, 4.69) is 11.9 Å². The Morgan fingerprint density at radius 1 is 0.950 bits per heavy atom. The number of benzene rings is 4. The molecule has 202 valence electrons. The third-order valence-electron chi connectivity index (χ3n) is 7.19. The molecule has 2 N–H and O–H groups in total. The minimum atomic E-state index is -1.14. The second-order valence-electron chi connectivity index (χ2n) is 9.96.